The Kier molecular flexibility index (Phi) is 6.18. The molecule has 3 N–H and O–H groups in total. The van der Waals surface area contributed by atoms with Gasteiger partial charge in [0.2, 0.25) is 5.91 Å². The molecule has 1 unspecified atom stereocenters. The standard InChI is InChI=1S/C16H25N3O4/c1-3-4-12(13-5-6-14(23-13)16(21)18-22)17-15(20)11-7-9-19(2)10-8-11/h5-6,11-12,22H,3-4,7-10H2,1-2H3,(H,17,20)(H,18,21). The van der Waals surface area contributed by atoms with Crippen molar-refractivity contribution in [3.05, 3.63) is 23.7 Å². The number of hydrogen-bond acceptors (Lipinski definition) is 5. The molecule has 1 aromatic heterocycles. The van der Waals surface area contributed by atoms with Crippen LogP contribution in [0.4, 0.5) is 0 Å². The monoisotopic (exact) mass is 323 g/mol. The number of carbonyl (C=O) groups is 2. The fourth-order valence-corrected chi connectivity index (χ4v) is 2.85. The van der Waals surface area contributed by atoms with Gasteiger partial charge in [0.15, 0.2) is 5.76 Å². The maximum atomic E-state index is 12.5. The van der Waals surface area contributed by atoms with Crippen LogP contribution in [-0.4, -0.2) is 42.1 Å². The zero-order chi connectivity index (χ0) is 16.8. The minimum Gasteiger partial charge on any atom is -0.454 e. The molecule has 23 heavy (non-hydrogen) atoms. The van der Waals surface area contributed by atoms with Crippen LogP contribution in [0.15, 0.2) is 16.5 Å². The van der Waals surface area contributed by atoms with E-state index in [1.165, 1.54) is 11.5 Å². The fraction of sp³-hybridized carbons (Fsp3) is 0.625. The van der Waals surface area contributed by atoms with E-state index in [1.54, 1.807) is 6.07 Å². The SMILES string of the molecule is CCCC(NC(=O)C1CCN(C)CC1)c1ccc(C(=O)NO)o1. The molecule has 128 valence electrons. The van der Waals surface area contributed by atoms with Crippen molar-refractivity contribution in [3.8, 4) is 0 Å². The van der Waals surface area contributed by atoms with Crippen molar-refractivity contribution in [1.82, 2.24) is 15.7 Å². The normalized spacial score (nSPS) is 17.7. The predicted octanol–water partition coefficient (Wildman–Crippen LogP) is 1.70. The van der Waals surface area contributed by atoms with Crippen molar-refractivity contribution in [2.45, 2.75) is 38.6 Å². The molecule has 0 aliphatic carbocycles. The summed E-state index contributed by atoms with van der Waals surface area (Å²) >= 11 is 0. The van der Waals surface area contributed by atoms with Crippen LogP contribution in [0.2, 0.25) is 0 Å². The van der Waals surface area contributed by atoms with Gasteiger partial charge in [0.25, 0.3) is 0 Å². The average molecular weight is 323 g/mol. The van der Waals surface area contributed by atoms with E-state index in [4.69, 9.17) is 9.62 Å². The third-order valence-electron chi connectivity index (χ3n) is 4.28. The van der Waals surface area contributed by atoms with Crippen molar-refractivity contribution < 1.29 is 19.2 Å². The van der Waals surface area contributed by atoms with Crippen LogP contribution >= 0.6 is 0 Å². The molecule has 2 heterocycles. The van der Waals surface area contributed by atoms with Crippen molar-refractivity contribution in [2.75, 3.05) is 20.1 Å². The van der Waals surface area contributed by atoms with Crippen LogP contribution < -0.4 is 10.8 Å². The van der Waals surface area contributed by atoms with E-state index >= 15 is 0 Å². The van der Waals surface area contributed by atoms with Crippen molar-refractivity contribution >= 4 is 11.8 Å². The Morgan fingerprint density at radius 1 is 1.39 bits per heavy atom. The van der Waals surface area contributed by atoms with Crippen LogP contribution in [0.1, 0.15) is 55.0 Å². The molecule has 1 aliphatic rings. The third-order valence-corrected chi connectivity index (χ3v) is 4.28. The number of nitrogens with one attached hydrogen (secondary N) is 2. The summed E-state index contributed by atoms with van der Waals surface area (Å²) in [4.78, 5) is 26.1. The number of rotatable bonds is 6. The molecule has 1 aromatic rings. The summed E-state index contributed by atoms with van der Waals surface area (Å²) in [6.07, 6.45) is 3.32. The van der Waals surface area contributed by atoms with E-state index in [-0.39, 0.29) is 23.6 Å². The molecule has 7 nitrogen and oxygen atoms in total. The molecule has 7 heteroatoms. The Balaban J connectivity index is 2.01. The maximum absolute atomic E-state index is 12.5. The molecular formula is C16H25N3O4. The zero-order valence-electron chi connectivity index (χ0n) is 13.7. The van der Waals surface area contributed by atoms with Crippen LogP contribution in [0.3, 0.4) is 0 Å². The average Bonchev–Trinajstić information content (AvgIpc) is 3.04. The first kappa shape index (κ1) is 17.5. The van der Waals surface area contributed by atoms with E-state index in [2.05, 4.69) is 17.3 Å². The van der Waals surface area contributed by atoms with Crippen LogP contribution in [0.25, 0.3) is 0 Å². The zero-order valence-corrected chi connectivity index (χ0v) is 13.7. The lowest BCUT2D eigenvalue weighted by atomic mass is 9.95. The minimum atomic E-state index is -0.701. The lowest BCUT2D eigenvalue weighted by Crippen LogP contribution is -2.40. The summed E-state index contributed by atoms with van der Waals surface area (Å²) in [7, 11) is 2.06. The van der Waals surface area contributed by atoms with Crippen LogP contribution in [0.5, 0.6) is 0 Å². The molecular weight excluding hydrogens is 298 g/mol. The second-order valence-electron chi connectivity index (χ2n) is 6.07. The van der Waals surface area contributed by atoms with E-state index < -0.39 is 5.91 Å². The minimum absolute atomic E-state index is 0.0251. The molecule has 1 aliphatic heterocycles. The van der Waals surface area contributed by atoms with Gasteiger partial charge in [0, 0.05) is 5.92 Å². The van der Waals surface area contributed by atoms with Crippen LogP contribution in [0, 0.1) is 5.92 Å². The van der Waals surface area contributed by atoms with Crippen LogP contribution in [-0.2, 0) is 4.79 Å². The largest absolute Gasteiger partial charge is 0.454 e. The van der Waals surface area contributed by atoms with E-state index in [0.29, 0.717) is 5.76 Å². The number of hydroxylamine groups is 1. The van der Waals surface area contributed by atoms with Gasteiger partial charge in [-0.1, -0.05) is 13.3 Å². The summed E-state index contributed by atoms with van der Waals surface area (Å²) in [6.45, 7) is 3.88. The predicted molar refractivity (Wildman–Crippen MR) is 84.0 cm³/mol. The molecule has 0 aromatic carbocycles. The Hall–Kier alpha value is -1.86. The number of amides is 2. The molecule has 2 amide bonds. The summed E-state index contributed by atoms with van der Waals surface area (Å²) in [5, 5.41) is 11.7. The van der Waals surface area contributed by atoms with Gasteiger partial charge in [-0.2, -0.15) is 0 Å². The number of likely N-dealkylation sites (tertiary alicyclic amines) is 1. The molecule has 0 saturated carbocycles. The summed E-state index contributed by atoms with van der Waals surface area (Å²) < 4.78 is 5.46. The molecule has 1 fully saturated rings. The van der Waals surface area contributed by atoms with E-state index in [1.807, 2.05) is 6.92 Å². The highest BCUT2D eigenvalue weighted by molar-refractivity contribution is 5.90. The number of nitrogens with zero attached hydrogens (tertiary/aromatic N) is 1. The van der Waals surface area contributed by atoms with Gasteiger partial charge < -0.3 is 14.6 Å². The van der Waals surface area contributed by atoms with Gasteiger partial charge in [-0.3, -0.25) is 14.8 Å². The molecule has 0 radical (unpaired) electrons. The second kappa shape index (κ2) is 8.12. The van der Waals surface area contributed by atoms with Gasteiger partial charge in [0.05, 0.1) is 6.04 Å². The quantitative estimate of drug-likeness (QED) is 0.547. The van der Waals surface area contributed by atoms with Gasteiger partial charge in [0.1, 0.15) is 5.76 Å². The molecule has 0 bridgehead atoms. The van der Waals surface area contributed by atoms with E-state index in [9.17, 15) is 9.59 Å². The lowest BCUT2D eigenvalue weighted by Gasteiger charge is -2.29. The number of carbonyl (C=O) groups excluding carboxylic acids is 2. The first-order chi connectivity index (χ1) is 11.0. The number of hydrogen-bond donors (Lipinski definition) is 3. The number of piperidine rings is 1. The van der Waals surface area contributed by atoms with Crippen molar-refractivity contribution in [1.29, 1.82) is 0 Å². The topological polar surface area (TPSA) is 94.8 Å². The fourth-order valence-electron chi connectivity index (χ4n) is 2.85. The summed E-state index contributed by atoms with van der Waals surface area (Å²) in [5.74, 6) is -0.0705. The first-order valence-corrected chi connectivity index (χ1v) is 8.08. The Bertz CT molecular complexity index is 535. The van der Waals surface area contributed by atoms with Crippen molar-refractivity contribution in [2.24, 2.45) is 5.92 Å². The van der Waals surface area contributed by atoms with Gasteiger partial charge >= 0.3 is 5.91 Å². The molecule has 2 rings (SSSR count). The Morgan fingerprint density at radius 2 is 2.09 bits per heavy atom. The highest BCUT2D eigenvalue weighted by Crippen LogP contribution is 2.23. The maximum Gasteiger partial charge on any atom is 0.310 e. The summed E-state index contributed by atoms with van der Waals surface area (Å²) in [5.41, 5.74) is 1.54. The Morgan fingerprint density at radius 3 is 2.70 bits per heavy atom. The first-order valence-electron chi connectivity index (χ1n) is 8.08. The Labute approximate surface area is 136 Å². The van der Waals surface area contributed by atoms with Gasteiger partial charge in [-0.25, -0.2) is 5.48 Å². The summed E-state index contributed by atoms with van der Waals surface area (Å²) in [6, 6.07) is 2.90. The lowest BCUT2D eigenvalue weighted by molar-refractivity contribution is -0.127. The van der Waals surface area contributed by atoms with Gasteiger partial charge in [-0.05, 0) is 51.5 Å². The van der Waals surface area contributed by atoms with Gasteiger partial charge in [-0.15, -0.1) is 0 Å². The number of furan rings is 1. The molecule has 1 atom stereocenters. The highest BCUT2D eigenvalue weighted by atomic mass is 16.5. The third kappa shape index (κ3) is 4.56. The molecule has 1 saturated heterocycles. The van der Waals surface area contributed by atoms with Crippen molar-refractivity contribution in [3.63, 3.8) is 0 Å². The highest BCUT2D eigenvalue weighted by Gasteiger charge is 2.26. The smallest absolute Gasteiger partial charge is 0.310 e. The van der Waals surface area contributed by atoms with E-state index in [0.717, 1.165) is 38.8 Å². The molecule has 0 spiro atoms. The second-order valence-corrected chi connectivity index (χ2v) is 6.07.